The Hall–Kier alpha value is -2.51. The monoisotopic (exact) mass is 382 g/mol. The van der Waals surface area contributed by atoms with Gasteiger partial charge in [0.25, 0.3) is 0 Å². The standard InChI is InChI=1S/C20H22N4O2S/c1-15-8-6-11-17(14-15)24-20(18-12-7-13-23(18)27(2,25)26)21-19(22-24)16-9-4-3-5-10-16/h3-6,8-11,14,18H,7,12-13H2,1-2H3/t18-/m0/s1. The molecule has 0 amide bonds. The molecule has 1 fully saturated rings. The summed E-state index contributed by atoms with van der Waals surface area (Å²) in [6, 6.07) is 17.5. The van der Waals surface area contributed by atoms with Gasteiger partial charge in [-0.2, -0.15) is 4.31 Å². The lowest BCUT2D eigenvalue weighted by atomic mass is 10.2. The zero-order valence-electron chi connectivity index (χ0n) is 15.4. The van der Waals surface area contributed by atoms with Crippen molar-refractivity contribution in [2.24, 2.45) is 0 Å². The van der Waals surface area contributed by atoms with Crippen LogP contribution in [0.5, 0.6) is 0 Å². The Kier molecular flexibility index (Phi) is 4.57. The number of sulfonamides is 1. The Bertz CT molecular complexity index is 1060. The quantitative estimate of drug-likeness (QED) is 0.694. The van der Waals surface area contributed by atoms with E-state index in [0.717, 1.165) is 29.7 Å². The first-order valence-electron chi connectivity index (χ1n) is 9.00. The van der Waals surface area contributed by atoms with E-state index in [2.05, 4.69) is 0 Å². The molecular weight excluding hydrogens is 360 g/mol. The third kappa shape index (κ3) is 3.52. The lowest BCUT2D eigenvalue weighted by molar-refractivity contribution is 0.381. The van der Waals surface area contributed by atoms with Gasteiger partial charge in [-0.1, -0.05) is 42.5 Å². The van der Waals surface area contributed by atoms with E-state index in [0.29, 0.717) is 18.2 Å². The van der Waals surface area contributed by atoms with Crippen LogP contribution in [-0.2, 0) is 10.0 Å². The maximum absolute atomic E-state index is 12.3. The SMILES string of the molecule is Cc1cccc(-n2nc(-c3ccccc3)nc2[C@@H]2CCCN2S(C)(=O)=O)c1. The first-order valence-corrected chi connectivity index (χ1v) is 10.8. The zero-order chi connectivity index (χ0) is 19.0. The molecule has 1 atom stereocenters. The molecule has 0 N–H and O–H groups in total. The van der Waals surface area contributed by atoms with Crippen LogP contribution in [0.4, 0.5) is 0 Å². The normalized spacial score (nSPS) is 18.1. The Morgan fingerprint density at radius 2 is 1.85 bits per heavy atom. The minimum atomic E-state index is -3.31. The fraction of sp³-hybridized carbons (Fsp3) is 0.300. The molecule has 1 aromatic heterocycles. The maximum atomic E-state index is 12.3. The fourth-order valence-electron chi connectivity index (χ4n) is 3.59. The summed E-state index contributed by atoms with van der Waals surface area (Å²) in [6.07, 6.45) is 2.82. The van der Waals surface area contributed by atoms with Gasteiger partial charge in [0.1, 0.15) is 0 Å². The minimum absolute atomic E-state index is 0.300. The second-order valence-corrected chi connectivity index (χ2v) is 8.88. The van der Waals surface area contributed by atoms with Crippen LogP contribution < -0.4 is 0 Å². The van der Waals surface area contributed by atoms with Crippen molar-refractivity contribution in [3.05, 3.63) is 66.0 Å². The predicted molar refractivity (Wildman–Crippen MR) is 105 cm³/mol. The van der Waals surface area contributed by atoms with E-state index in [1.165, 1.54) is 10.6 Å². The van der Waals surface area contributed by atoms with Gasteiger partial charge in [0.2, 0.25) is 10.0 Å². The van der Waals surface area contributed by atoms with Crippen molar-refractivity contribution in [2.45, 2.75) is 25.8 Å². The van der Waals surface area contributed by atoms with Crippen LogP contribution in [0.3, 0.4) is 0 Å². The van der Waals surface area contributed by atoms with Gasteiger partial charge in [-0.3, -0.25) is 0 Å². The van der Waals surface area contributed by atoms with Crippen LogP contribution in [0, 0.1) is 6.92 Å². The topological polar surface area (TPSA) is 68.1 Å². The van der Waals surface area contributed by atoms with Gasteiger partial charge < -0.3 is 0 Å². The third-order valence-corrected chi connectivity index (χ3v) is 6.13. The van der Waals surface area contributed by atoms with Crippen LogP contribution in [0.15, 0.2) is 54.6 Å². The molecule has 0 saturated carbocycles. The van der Waals surface area contributed by atoms with E-state index in [1.54, 1.807) is 4.68 Å². The number of benzene rings is 2. The van der Waals surface area contributed by atoms with Gasteiger partial charge in [-0.05, 0) is 37.5 Å². The molecule has 1 aliphatic heterocycles. The summed E-state index contributed by atoms with van der Waals surface area (Å²) in [6.45, 7) is 2.54. The fourth-order valence-corrected chi connectivity index (χ4v) is 4.72. The highest BCUT2D eigenvalue weighted by Crippen LogP contribution is 2.35. The number of aromatic nitrogens is 3. The molecule has 1 saturated heterocycles. The summed E-state index contributed by atoms with van der Waals surface area (Å²) >= 11 is 0. The third-order valence-electron chi connectivity index (χ3n) is 4.84. The molecule has 2 aromatic carbocycles. The molecule has 3 aromatic rings. The Balaban J connectivity index is 1.88. The molecule has 0 unspecified atom stereocenters. The molecule has 0 bridgehead atoms. The number of rotatable bonds is 4. The van der Waals surface area contributed by atoms with Gasteiger partial charge in [-0.25, -0.2) is 18.1 Å². The van der Waals surface area contributed by atoms with Crippen molar-refractivity contribution in [1.29, 1.82) is 0 Å². The average Bonchev–Trinajstić information content (AvgIpc) is 3.29. The van der Waals surface area contributed by atoms with Gasteiger partial charge in [0.05, 0.1) is 18.0 Å². The minimum Gasteiger partial charge on any atom is -0.216 e. The summed E-state index contributed by atoms with van der Waals surface area (Å²) in [5.74, 6) is 1.27. The summed E-state index contributed by atoms with van der Waals surface area (Å²) in [5, 5.41) is 4.74. The Morgan fingerprint density at radius 3 is 2.56 bits per heavy atom. The van der Waals surface area contributed by atoms with Crippen LogP contribution >= 0.6 is 0 Å². The van der Waals surface area contributed by atoms with Crippen molar-refractivity contribution in [3.8, 4) is 17.1 Å². The predicted octanol–water partition coefficient (Wildman–Crippen LogP) is 3.34. The average molecular weight is 382 g/mol. The summed E-state index contributed by atoms with van der Waals surface area (Å²) in [5.41, 5.74) is 2.91. The molecule has 4 rings (SSSR count). The molecule has 2 heterocycles. The van der Waals surface area contributed by atoms with E-state index >= 15 is 0 Å². The largest absolute Gasteiger partial charge is 0.216 e. The van der Waals surface area contributed by atoms with Crippen molar-refractivity contribution < 1.29 is 8.42 Å². The highest BCUT2D eigenvalue weighted by molar-refractivity contribution is 7.88. The molecule has 0 radical (unpaired) electrons. The van der Waals surface area contributed by atoms with Gasteiger partial charge in [-0.15, -0.1) is 5.10 Å². The summed E-state index contributed by atoms with van der Waals surface area (Å²) < 4.78 is 27.9. The highest BCUT2D eigenvalue weighted by Gasteiger charge is 2.36. The smallest absolute Gasteiger partial charge is 0.211 e. The first-order chi connectivity index (χ1) is 12.9. The summed E-state index contributed by atoms with van der Waals surface area (Å²) in [7, 11) is -3.31. The lowest BCUT2D eigenvalue weighted by Gasteiger charge is -2.21. The van der Waals surface area contributed by atoms with E-state index in [4.69, 9.17) is 10.1 Å². The molecule has 140 valence electrons. The van der Waals surface area contributed by atoms with Gasteiger partial charge in [0.15, 0.2) is 11.6 Å². The molecule has 0 aliphatic carbocycles. The molecule has 27 heavy (non-hydrogen) atoms. The highest BCUT2D eigenvalue weighted by atomic mass is 32.2. The number of hydrogen-bond acceptors (Lipinski definition) is 4. The molecular formula is C20H22N4O2S. The van der Waals surface area contributed by atoms with Gasteiger partial charge >= 0.3 is 0 Å². The second-order valence-electron chi connectivity index (χ2n) is 6.94. The van der Waals surface area contributed by atoms with Crippen LogP contribution in [-0.4, -0.2) is 40.3 Å². The molecule has 7 heteroatoms. The van der Waals surface area contributed by atoms with Crippen LogP contribution in [0.25, 0.3) is 17.1 Å². The van der Waals surface area contributed by atoms with Crippen LogP contribution in [0.2, 0.25) is 0 Å². The van der Waals surface area contributed by atoms with Crippen molar-refractivity contribution in [1.82, 2.24) is 19.1 Å². The van der Waals surface area contributed by atoms with E-state index in [-0.39, 0.29) is 6.04 Å². The first kappa shape index (κ1) is 17.9. The number of hydrogen-bond donors (Lipinski definition) is 0. The molecule has 6 nitrogen and oxygen atoms in total. The number of nitrogens with zero attached hydrogens (tertiary/aromatic N) is 4. The van der Waals surface area contributed by atoms with E-state index in [9.17, 15) is 8.42 Å². The molecule has 1 aliphatic rings. The maximum Gasteiger partial charge on any atom is 0.211 e. The number of aryl methyl sites for hydroxylation is 1. The lowest BCUT2D eigenvalue weighted by Crippen LogP contribution is -2.31. The molecule has 0 spiro atoms. The zero-order valence-corrected chi connectivity index (χ0v) is 16.2. The van der Waals surface area contributed by atoms with Gasteiger partial charge in [0, 0.05) is 12.1 Å². The van der Waals surface area contributed by atoms with Crippen molar-refractivity contribution >= 4 is 10.0 Å². The van der Waals surface area contributed by atoms with Crippen molar-refractivity contribution in [3.63, 3.8) is 0 Å². The van der Waals surface area contributed by atoms with E-state index < -0.39 is 10.0 Å². The Labute approximate surface area is 159 Å². The summed E-state index contributed by atoms with van der Waals surface area (Å²) in [4.78, 5) is 4.78. The van der Waals surface area contributed by atoms with Crippen LogP contribution in [0.1, 0.15) is 30.3 Å². The second kappa shape index (κ2) is 6.90. The van der Waals surface area contributed by atoms with Crippen molar-refractivity contribution in [2.75, 3.05) is 12.8 Å². The van der Waals surface area contributed by atoms with E-state index in [1.807, 2.05) is 61.5 Å². The Morgan fingerprint density at radius 1 is 1.07 bits per heavy atom.